The van der Waals surface area contributed by atoms with Gasteiger partial charge in [0.2, 0.25) is 0 Å². The second kappa shape index (κ2) is 5.79. The number of aromatic nitrogens is 1. The lowest BCUT2D eigenvalue weighted by molar-refractivity contribution is 0.466. The molecule has 3 rings (SSSR count). The van der Waals surface area contributed by atoms with E-state index in [1.807, 2.05) is 7.05 Å². The molecule has 0 saturated heterocycles. The predicted molar refractivity (Wildman–Crippen MR) is 81.5 cm³/mol. The molecule has 2 nitrogen and oxygen atoms in total. The molecular weight excluding hydrogens is 232 g/mol. The zero-order chi connectivity index (χ0) is 13.1. The SMILES string of the molecule is CNCCc1cccc2c1ccn2CC1CCCC1. The Morgan fingerprint density at radius 3 is 2.84 bits per heavy atom. The maximum atomic E-state index is 3.24. The summed E-state index contributed by atoms with van der Waals surface area (Å²) in [5.41, 5.74) is 2.89. The lowest BCUT2D eigenvalue weighted by Gasteiger charge is -2.12. The van der Waals surface area contributed by atoms with Crippen LogP contribution in [-0.4, -0.2) is 18.2 Å². The average Bonchev–Trinajstić information content (AvgIpc) is 3.07. The van der Waals surface area contributed by atoms with Gasteiger partial charge in [-0.15, -0.1) is 0 Å². The zero-order valence-corrected chi connectivity index (χ0v) is 11.9. The first-order valence-electron chi connectivity index (χ1n) is 7.60. The van der Waals surface area contributed by atoms with Gasteiger partial charge in [-0.3, -0.25) is 0 Å². The fraction of sp³-hybridized carbons (Fsp3) is 0.529. The molecule has 0 spiro atoms. The first kappa shape index (κ1) is 12.7. The molecule has 1 saturated carbocycles. The van der Waals surface area contributed by atoms with E-state index < -0.39 is 0 Å². The molecule has 0 aliphatic heterocycles. The number of rotatable bonds is 5. The van der Waals surface area contributed by atoms with Crippen LogP contribution in [0.2, 0.25) is 0 Å². The fourth-order valence-electron chi connectivity index (χ4n) is 3.40. The van der Waals surface area contributed by atoms with Crippen molar-refractivity contribution in [1.29, 1.82) is 0 Å². The summed E-state index contributed by atoms with van der Waals surface area (Å²) >= 11 is 0. The van der Waals surface area contributed by atoms with Crippen LogP contribution in [-0.2, 0) is 13.0 Å². The maximum absolute atomic E-state index is 3.24. The van der Waals surface area contributed by atoms with Crippen molar-refractivity contribution in [3.63, 3.8) is 0 Å². The van der Waals surface area contributed by atoms with Crippen molar-refractivity contribution >= 4 is 10.9 Å². The monoisotopic (exact) mass is 256 g/mol. The van der Waals surface area contributed by atoms with Gasteiger partial charge >= 0.3 is 0 Å². The van der Waals surface area contributed by atoms with Crippen molar-refractivity contribution in [2.45, 2.75) is 38.6 Å². The molecule has 2 heteroatoms. The van der Waals surface area contributed by atoms with E-state index >= 15 is 0 Å². The average molecular weight is 256 g/mol. The van der Waals surface area contributed by atoms with Gasteiger partial charge < -0.3 is 9.88 Å². The molecule has 0 radical (unpaired) electrons. The summed E-state index contributed by atoms with van der Waals surface area (Å²) in [6.07, 6.45) is 9.08. The largest absolute Gasteiger partial charge is 0.347 e. The van der Waals surface area contributed by atoms with E-state index in [9.17, 15) is 0 Å². The Balaban J connectivity index is 1.85. The Bertz CT molecular complexity index is 535. The molecule has 1 aromatic carbocycles. The molecule has 0 bridgehead atoms. The van der Waals surface area contributed by atoms with Crippen molar-refractivity contribution in [2.75, 3.05) is 13.6 Å². The highest BCUT2D eigenvalue weighted by molar-refractivity contribution is 5.83. The molecular formula is C17H24N2. The van der Waals surface area contributed by atoms with Gasteiger partial charge in [-0.2, -0.15) is 0 Å². The number of nitrogens with zero attached hydrogens (tertiary/aromatic N) is 1. The smallest absolute Gasteiger partial charge is 0.0483 e. The maximum Gasteiger partial charge on any atom is 0.0483 e. The molecule has 1 aliphatic rings. The quantitative estimate of drug-likeness (QED) is 0.865. The summed E-state index contributed by atoms with van der Waals surface area (Å²) in [6, 6.07) is 9.04. The van der Waals surface area contributed by atoms with Crippen molar-refractivity contribution in [1.82, 2.24) is 9.88 Å². The van der Waals surface area contributed by atoms with Crippen LogP contribution in [0.4, 0.5) is 0 Å². The van der Waals surface area contributed by atoms with Crippen LogP contribution < -0.4 is 5.32 Å². The highest BCUT2D eigenvalue weighted by atomic mass is 15.0. The van der Waals surface area contributed by atoms with Crippen molar-refractivity contribution in [3.05, 3.63) is 36.0 Å². The third-order valence-electron chi connectivity index (χ3n) is 4.48. The van der Waals surface area contributed by atoms with Crippen LogP contribution in [0.5, 0.6) is 0 Å². The highest BCUT2D eigenvalue weighted by Gasteiger charge is 2.16. The van der Waals surface area contributed by atoms with Gasteiger partial charge in [-0.1, -0.05) is 25.0 Å². The number of likely N-dealkylation sites (N-methyl/N-ethyl adjacent to an activating group) is 1. The van der Waals surface area contributed by atoms with Crippen LogP contribution in [0.3, 0.4) is 0 Å². The molecule has 19 heavy (non-hydrogen) atoms. The topological polar surface area (TPSA) is 17.0 Å². The summed E-state index contributed by atoms with van der Waals surface area (Å²) in [6.45, 7) is 2.26. The molecule has 0 amide bonds. The molecule has 0 atom stereocenters. The molecule has 1 aliphatic carbocycles. The molecule has 1 N–H and O–H groups in total. The Morgan fingerprint density at radius 1 is 1.21 bits per heavy atom. The van der Waals surface area contributed by atoms with Crippen molar-refractivity contribution < 1.29 is 0 Å². The zero-order valence-electron chi connectivity index (χ0n) is 11.9. The number of benzene rings is 1. The summed E-state index contributed by atoms with van der Waals surface area (Å²) in [5, 5.41) is 4.68. The minimum absolute atomic E-state index is 0.900. The van der Waals surface area contributed by atoms with Gasteiger partial charge in [0.1, 0.15) is 0 Å². The Morgan fingerprint density at radius 2 is 2.05 bits per heavy atom. The van der Waals surface area contributed by atoms with E-state index in [2.05, 4.69) is 40.3 Å². The summed E-state index contributed by atoms with van der Waals surface area (Å²) < 4.78 is 2.47. The van der Waals surface area contributed by atoms with Gasteiger partial charge in [-0.05, 0) is 56.5 Å². The Labute approximate surface area is 115 Å². The van der Waals surface area contributed by atoms with E-state index in [0.29, 0.717) is 0 Å². The normalized spacial score (nSPS) is 16.5. The lowest BCUT2D eigenvalue weighted by Crippen LogP contribution is -2.10. The minimum atomic E-state index is 0.900. The molecule has 2 aromatic rings. The first-order valence-corrected chi connectivity index (χ1v) is 7.60. The molecule has 1 fully saturated rings. The number of hydrogen-bond donors (Lipinski definition) is 1. The number of hydrogen-bond acceptors (Lipinski definition) is 1. The van der Waals surface area contributed by atoms with Gasteiger partial charge in [0.05, 0.1) is 0 Å². The van der Waals surface area contributed by atoms with E-state index in [-0.39, 0.29) is 0 Å². The van der Waals surface area contributed by atoms with Crippen LogP contribution in [0.1, 0.15) is 31.2 Å². The van der Waals surface area contributed by atoms with Crippen molar-refractivity contribution in [2.24, 2.45) is 5.92 Å². The summed E-state index contributed by atoms with van der Waals surface area (Å²) in [4.78, 5) is 0. The van der Waals surface area contributed by atoms with Crippen LogP contribution in [0.25, 0.3) is 10.9 Å². The molecule has 0 unspecified atom stereocenters. The van der Waals surface area contributed by atoms with Crippen LogP contribution >= 0.6 is 0 Å². The molecule has 1 heterocycles. The third kappa shape index (κ3) is 2.69. The highest BCUT2D eigenvalue weighted by Crippen LogP contribution is 2.28. The van der Waals surface area contributed by atoms with E-state index in [1.165, 1.54) is 48.7 Å². The minimum Gasteiger partial charge on any atom is -0.347 e. The number of fused-ring (bicyclic) bond motifs is 1. The second-order valence-electron chi connectivity index (χ2n) is 5.82. The molecule has 102 valence electrons. The van der Waals surface area contributed by atoms with Gasteiger partial charge in [0.15, 0.2) is 0 Å². The second-order valence-corrected chi connectivity index (χ2v) is 5.82. The van der Waals surface area contributed by atoms with Gasteiger partial charge in [0, 0.05) is 23.6 Å². The van der Waals surface area contributed by atoms with Gasteiger partial charge in [0.25, 0.3) is 0 Å². The standard InChI is InChI=1S/C17H24N2/c1-18-11-9-15-7-4-8-17-16(15)10-12-19(17)13-14-5-2-3-6-14/h4,7-8,10,12,14,18H,2-3,5-6,9,11,13H2,1H3. The van der Waals surface area contributed by atoms with Gasteiger partial charge in [-0.25, -0.2) is 0 Å². The summed E-state index contributed by atoms with van der Waals surface area (Å²) in [5.74, 6) is 0.900. The van der Waals surface area contributed by atoms with Crippen molar-refractivity contribution in [3.8, 4) is 0 Å². The lowest BCUT2D eigenvalue weighted by atomic mass is 10.1. The first-order chi connectivity index (χ1) is 9.38. The van der Waals surface area contributed by atoms with E-state index in [4.69, 9.17) is 0 Å². The molecule has 1 aromatic heterocycles. The van der Waals surface area contributed by atoms with Crippen LogP contribution in [0.15, 0.2) is 30.5 Å². The third-order valence-corrected chi connectivity index (χ3v) is 4.48. The summed E-state index contributed by atoms with van der Waals surface area (Å²) in [7, 11) is 2.02. The number of nitrogens with one attached hydrogen (secondary N) is 1. The Hall–Kier alpha value is -1.28. The van der Waals surface area contributed by atoms with E-state index in [1.54, 1.807) is 0 Å². The van der Waals surface area contributed by atoms with E-state index in [0.717, 1.165) is 18.9 Å². The fourth-order valence-corrected chi connectivity index (χ4v) is 3.40. The predicted octanol–water partition coefficient (Wildman–Crippen LogP) is 3.59. The van der Waals surface area contributed by atoms with Crippen LogP contribution in [0, 0.1) is 5.92 Å². The Kier molecular flexibility index (Phi) is 3.88.